The Labute approximate surface area is 158 Å². The van der Waals surface area contributed by atoms with Crippen LogP contribution in [0, 0.1) is 0 Å². The maximum atomic E-state index is 12.5. The Morgan fingerprint density at radius 3 is 2.04 bits per heavy atom. The molecule has 1 aliphatic heterocycles. The van der Waals surface area contributed by atoms with E-state index in [-0.39, 0.29) is 6.04 Å². The largest absolute Gasteiger partial charge is 0.466 e. The molecule has 26 heavy (non-hydrogen) atoms. The fourth-order valence-electron chi connectivity index (χ4n) is 3.71. The number of halogens is 1. The number of benzene rings is 1. The summed E-state index contributed by atoms with van der Waals surface area (Å²) in [4.78, 5) is 27.0. The molecule has 0 bridgehead atoms. The van der Waals surface area contributed by atoms with Gasteiger partial charge in [-0.05, 0) is 24.5 Å². The number of hydrogen-bond acceptors (Lipinski definition) is 5. The van der Waals surface area contributed by atoms with Crippen LogP contribution in [0.4, 0.5) is 0 Å². The number of carbonyl (C=O) groups excluding carboxylic acids is 2. The van der Waals surface area contributed by atoms with E-state index in [0.717, 1.165) is 25.7 Å². The molecule has 0 radical (unpaired) electrons. The summed E-state index contributed by atoms with van der Waals surface area (Å²) in [6, 6.07) is 7.45. The minimum absolute atomic E-state index is 0.265. The number of methoxy groups -OCH3 is 2. The van der Waals surface area contributed by atoms with Crippen LogP contribution in [-0.2, 0) is 19.1 Å². The Morgan fingerprint density at radius 2 is 1.54 bits per heavy atom. The first kappa shape index (κ1) is 18.5. The molecule has 1 aliphatic carbocycles. The number of esters is 2. The molecular formula is C20H22ClNO4. The van der Waals surface area contributed by atoms with Crippen LogP contribution in [-0.4, -0.2) is 37.1 Å². The molecule has 0 atom stereocenters. The van der Waals surface area contributed by atoms with Gasteiger partial charge in [-0.3, -0.25) is 0 Å². The number of ether oxygens (including phenoxy) is 2. The lowest BCUT2D eigenvalue weighted by molar-refractivity contribution is -0.137. The summed E-state index contributed by atoms with van der Waals surface area (Å²) in [6.07, 6.45) is 7.90. The van der Waals surface area contributed by atoms with E-state index in [1.54, 1.807) is 18.5 Å². The maximum Gasteiger partial charge on any atom is 0.336 e. The van der Waals surface area contributed by atoms with Crippen LogP contribution in [0.1, 0.15) is 37.2 Å². The fraction of sp³-hybridized carbons (Fsp3) is 0.400. The van der Waals surface area contributed by atoms with Gasteiger partial charge in [0.2, 0.25) is 0 Å². The highest BCUT2D eigenvalue weighted by Gasteiger charge is 2.37. The SMILES string of the molecule is COC(=O)C1=CN(C2CCCC2)C=C(C(=O)OC)C1c1ccccc1Cl. The zero-order chi connectivity index (χ0) is 18.7. The summed E-state index contributed by atoms with van der Waals surface area (Å²) < 4.78 is 10.00. The first-order valence-corrected chi connectivity index (χ1v) is 9.06. The summed E-state index contributed by atoms with van der Waals surface area (Å²) in [5, 5.41) is 0.483. The molecule has 0 unspecified atom stereocenters. The molecule has 1 aromatic carbocycles. The van der Waals surface area contributed by atoms with Crippen LogP contribution in [0.25, 0.3) is 0 Å². The summed E-state index contributed by atoms with van der Waals surface area (Å²) >= 11 is 6.38. The second kappa shape index (κ2) is 7.96. The van der Waals surface area contributed by atoms with Crippen molar-refractivity contribution >= 4 is 23.5 Å². The van der Waals surface area contributed by atoms with Gasteiger partial charge in [0.05, 0.1) is 31.3 Å². The quantitative estimate of drug-likeness (QED) is 0.749. The number of rotatable bonds is 4. The van der Waals surface area contributed by atoms with Crippen LogP contribution in [0.5, 0.6) is 0 Å². The molecule has 1 fully saturated rings. The second-order valence-corrected chi connectivity index (χ2v) is 6.90. The van der Waals surface area contributed by atoms with Crippen molar-refractivity contribution in [2.45, 2.75) is 37.6 Å². The molecule has 5 nitrogen and oxygen atoms in total. The van der Waals surface area contributed by atoms with Crippen molar-refractivity contribution in [1.82, 2.24) is 4.90 Å². The van der Waals surface area contributed by atoms with E-state index in [9.17, 15) is 9.59 Å². The van der Waals surface area contributed by atoms with Gasteiger partial charge in [0.1, 0.15) is 0 Å². The Bertz CT molecular complexity index is 731. The highest BCUT2D eigenvalue weighted by Crippen LogP contribution is 2.41. The van der Waals surface area contributed by atoms with Crippen molar-refractivity contribution in [2.24, 2.45) is 0 Å². The van der Waals surface area contributed by atoms with Gasteiger partial charge in [-0.2, -0.15) is 0 Å². The second-order valence-electron chi connectivity index (χ2n) is 6.49. The standard InChI is InChI=1S/C20H22ClNO4/c1-25-19(23)15-11-22(13-7-3-4-8-13)12-16(20(24)26-2)18(15)14-9-5-6-10-17(14)21/h5-6,9-13,18H,3-4,7-8H2,1-2H3. The normalized spacial score (nSPS) is 18.3. The minimum Gasteiger partial charge on any atom is -0.466 e. The molecule has 1 aromatic rings. The van der Waals surface area contributed by atoms with Crippen LogP contribution < -0.4 is 0 Å². The smallest absolute Gasteiger partial charge is 0.336 e. The summed E-state index contributed by atoms with van der Waals surface area (Å²) in [6.45, 7) is 0. The summed E-state index contributed by atoms with van der Waals surface area (Å²) in [5.74, 6) is -1.58. The zero-order valence-electron chi connectivity index (χ0n) is 14.9. The van der Waals surface area contributed by atoms with Crippen molar-refractivity contribution in [3.05, 3.63) is 58.4 Å². The molecule has 3 rings (SSSR count). The van der Waals surface area contributed by atoms with Gasteiger partial charge in [0, 0.05) is 23.5 Å². The van der Waals surface area contributed by atoms with Crippen molar-refractivity contribution in [3.63, 3.8) is 0 Å². The van der Waals surface area contributed by atoms with E-state index in [0.29, 0.717) is 21.7 Å². The summed E-state index contributed by atoms with van der Waals surface area (Å²) in [7, 11) is 2.67. The van der Waals surface area contributed by atoms with E-state index >= 15 is 0 Å². The Kier molecular flexibility index (Phi) is 5.67. The molecule has 0 amide bonds. The predicted octanol–water partition coefficient (Wildman–Crippen LogP) is 3.80. The van der Waals surface area contributed by atoms with Gasteiger partial charge in [0.15, 0.2) is 0 Å². The van der Waals surface area contributed by atoms with E-state index < -0.39 is 17.9 Å². The Balaban J connectivity index is 2.12. The van der Waals surface area contributed by atoms with E-state index in [4.69, 9.17) is 21.1 Å². The van der Waals surface area contributed by atoms with E-state index in [1.165, 1.54) is 14.2 Å². The molecule has 138 valence electrons. The van der Waals surface area contributed by atoms with Gasteiger partial charge in [-0.15, -0.1) is 0 Å². The van der Waals surface area contributed by atoms with Crippen LogP contribution in [0.2, 0.25) is 5.02 Å². The number of carbonyl (C=O) groups is 2. The third kappa shape index (κ3) is 3.49. The number of hydrogen-bond donors (Lipinski definition) is 0. The number of nitrogens with zero attached hydrogens (tertiary/aromatic N) is 1. The molecule has 1 heterocycles. The monoisotopic (exact) mass is 375 g/mol. The third-order valence-corrected chi connectivity index (χ3v) is 5.35. The Hall–Kier alpha value is -2.27. The average molecular weight is 376 g/mol. The van der Waals surface area contributed by atoms with Crippen LogP contribution in [0.3, 0.4) is 0 Å². The molecule has 1 saturated carbocycles. The van der Waals surface area contributed by atoms with Gasteiger partial charge in [-0.1, -0.05) is 42.6 Å². The molecular weight excluding hydrogens is 354 g/mol. The highest BCUT2D eigenvalue weighted by atomic mass is 35.5. The topological polar surface area (TPSA) is 55.8 Å². The van der Waals surface area contributed by atoms with E-state index in [2.05, 4.69) is 0 Å². The molecule has 0 N–H and O–H groups in total. The minimum atomic E-state index is -0.624. The zero-order valence-corrected chi connectivity index (χ0v) is 15.7. The Morgan fingerprint density at radius 1 is 1.00 bits per heavy atom. The molecule has 0 aromatic heterocycles. The molecule has 6 heteroatoms. The van der Waals surface area contributed by atoms with Gasteiger partial charge in [0.25, 0.3) is 0 Å². The van der Waals surface area contributed by atoms with Gasteiger partial charge >= 0.3 is 11.9 Å². The first-order valence-electron chi connectivity index (χ1n) is 8.68. The fourth-order valence-corrected chi connectivity index (χ4v) is 3.95. The van der Waals surface area contributed by atoms with Gasteiger partial charge in [-0.25, -0.2) is 9.59 Å². The molecule has 0 spiro atoms. The molecule has 2 aliphatic rings. The summed E-state index contributed by atoms with van der Waals surface area (Å²) in [5.41, 5.74) is 1.44. The third-order valence-electron chi connectivity index (χ3n) is 5.00. The lowest BCUT2D eigenvalue weighted by atomic mass is 9.83. The van der Waals surface area contributed by atoms with Crippen molar-refractivity contribution < 1.29 is 19.1 Å². The van der Waals surface area contributed by atoms with Crippen molar-refractivity contribution in [1.29, 1.82) is 0 Å². The lowest BCUT2D eigenvalue weighted by Gasteiger charge is -2.33. The first-order chi connectivity index (χ1) is 12.6. The predicted molar refractivity (Wildman–Crippen MR) is 98.5 cm³/mol. The van der Waals surface area contributed by atoms with Crippen LogP contribution in [0.15, 0.2) is 47.8 Å². The average Bonchev–Trinajstić information content (AvgIpc) is 3.21. The van der Waals surface area contributed by atoms with E-state index in [1.807, 2.05) is 23.1 Å². The van der Waals surface area contributed by atoms with Crippen LogP contribution >= 0.6 is 11.6 Å². The molecule has 0 saturated heterocycles. The van der Waals surface area contributed by atoms with Crippen molar-refractivity contribution in [3.8, 4) is 0 Å². The maximum absolute atomic E-state index is 12.5. The van der Waals surface area contributed by atoms with Crippen molar-refractivity contribution in [2.75, 3.05) is 14.2 Å². The van der Waals surface area contributed by atoms with Gasteiger partial charge < -0.3 is 14.4 Å². The highest BCUT2D eigenvalue weighted by molar-refractivity contribution is 6.31. The lowest BCUT2D eigenvalue weighted by Crippen LogP contribution is -2.33.